The summed E-state index contributed by atoms with van der Waals surface area (Å²) in [4.78, 5) is 0. The summed E-state index contributed by atoms with van der Waals surface area (Å²) < 4.78 is 1.13. The summed E-state index contributed by atoms with van der Waals surface area (Å²) in [5, 5.41) is 3.79. The van der Waals surface area contributed by atoms with Crippen molar-refractivity contribution in [2.45, 2.75) is 39.3 Å². The first-order valence-corrected chi connectivity index (χ1v) is 8.41. The van der Waals surface area contributed by atoms with Crippen molar-refractivity contribution in [3.05, 3.63) is 69.7 Å². The van der Waals surface area contributed by atoms with Gasteiger partial charge in [0.2, 0.25) is 0 Å². The maximum Gasteiger partial charge on any atom is 0.0377 e. The fourth-order valence-corrected chi connectivity index (χ4v) is 3.54. The van der Waals surface area contributed by atoms with Gasteiger partial charge in [-0.15, -0.1) is 0 Å². The normalized spacial score (nSPS) is 20.0. The van der Waals surface area contributed by atoms with Crippen LogP contribution in [0.4, 0.5) is 0 Å². The molecule has 0 saturated carbocycles. The summed E-state index contributed by atoms with van der Waals surface area (Å²) in [6.45, 7) is 5.67. The summed E-state index contributed by atoms with van der Waals surface area (Å²) in [5.41, 5.74) is 4.61. The van der Waals surface area contributed by atoms with E-state index in [9.17, 15) is 0 Å². The number of aryl methyl sites for hydroxylation is 1. The van der Waals surface area contributed by atoms with Crippen LogP contribution in [0.15, 0.2) is 53.0 Å². The minimum atomic E-state index is 0.295. The van der Waals surface area contributed by atoms with E-state index in [0.29, 0.717) is 11.5 Å². The Morgan fingerprint density at radius 2 is 1.81 bits per heavy atom. The molecule has 2 aromatic rings. The molecule has 0 aromatic heterocycles. The van der Waals surface area contributed by atoms with Crippen molar-refractivity contribution >= 4 is 15.9 Å². The van der Waals surface area contributed by atoms with Crippen molar-refractivity contribution in [1.82, 2.24) is 5.32 Å². The number of hydrogen-bond donors (Lipinski definition) is 1. The van der Waals surface area contributed by atoms with Crippen molar-refractivity contribution in [2.24, 2.45) is 5.41 Å². The zero-order valence-electron chi connectivity index (χ0n) is 12.7. The molecule has 2 heteroatoms. The monoisotopic (exact) mass is 343 g/mol. The van der Waals surface area contributed by atoms with Gasteiger partial charge in [0.1, 0.15) is 0 Å². The van der Waals surface area contributed by atoms with E-state index in [1.54, 1.807) is 0 Å². The maximum atomic E-state index is 3.79. The molecular formula is C19H22BrN. The maximum absolute atomic E-state index is 3.79. The summed E-state index contributed by atoms with van der Waals surface area (Å²) in [6, 6.07) is 17.9. The molecule has 1 unspecified atom stereocenters. The SMILES string of the molecule is CC1(C)CCc2ccccc2C1NCc1ccc(Br)cc1. The number of nitrogens with one attached hydrogen (secondary N) is 1. The highest BCUT2D eigenvalue weighted by molar-refractivity contribution is 9.10. The summed E-state index contributed by atoms with van der Waals surface area (Å²) in [7, 11) is 0. The Morgan fingerprint density at radius 1 is 1.10 bits per heavy atom. The Bertz CT molecular complexity index is 616. The molecule has 3 rings (SSSR count). The molecule has 1 aliphatic rings. The molecule has 1 nitrogen and oxygen atoms in total. The molecular weight excluding hydrogens is 322 g/mol. The highest BCUT2D eigenvalue weighted by Gasteiger charge is 2.35. The largest absolute Gasteiger partial charge is 0.305 e. The van der Waals surface area contributed by atoms with E-state index in [4.69, 9.17) is 0 Å². The lowest BCUT2D eigenvalue weighted by molar-refractivity contribution is 0.208. The van der Waals surface area contributed by atoms with Gasteiger partial charge in [-0.2, -0.15) is 0 Å². The fourth-order valence-electron chi connectivity index (χ4n) is 3.27. The van der Waals surface area contributed by atoms with E-state index in [2.05, 4.69) is 83.6 Å². The van der Waals surface area contributed by atoms with Gasteiger partial charge >= 0.3 is 0 Å². The van der Waals surface area contributed by atoms with E-state index in [1.165, 1.54) is 29.5 Å². The van der Waals surface area contributed by atoms with Gasteiger partial charge in [-0.3, -0.25) is 0 Å². The first-order chi connectivity index (χ1) is 10.1. The second-order valence-electron chi connectivity index (χ2n) is 6.63. The summed E-state index contributed by atoms with van der Waals surface area (Å²) in [6.07, 6.45) is 2.43. The van der Waals surface area contributed by atoms with Crippen molar-refractivity contribution in [2.75, 3.05) is 0 Å². The van der Waals surface area contributed by atoms with E-state index in [-0.39, 0.29) is 0 Å². The molecule has 0 heterocycles. The van der Waals surface area contributed by atoms with Crippen LogP contribution in [0.5, 0.6) is 0 Å². The molecule has 1 atom stereocenters. The highest BCUT2D eigenvalue weighted by Crippen LogP contribution is 2.43. The van der Waals surface area contributed by atoms with Gasteiger partial charge in [0, 0.05) is 17.1 Å². The average molecular weight is 344 g/mol. The van der Waals surface area contributed by atoms with Crippen LogP contribution in [0.25, 0.3) is 0 Å². The third-order valence-electron chi connectivity index (χ3n) is 4.61. The van der Waals surface area contributed by atoms with Crippen molar-refractivity contribution in [3.63, 3.8) is 0 Å². The van der Waals surface area contributed by atoms with Gasteiger partial charge < -0.3 is 5.32 Å². The van der Waals surface area contributed by atoms with Crippen LogP contribution in [-0.4, -0.2) is 0 Å². The molecule has 1 N–H and O–H groups in total. The van der Waals surface area contributed by atoms with E-state index in [1.807, 2.05) is 0 Å². The number of hydrogen-bond acceptors (Lipinski definition) is 1. The molecule has 0 radical (unpaired) electrons. The first-order valence-electron chi connectivity index (χ1n) is 7.62. The standard InChI is InChI=1S/C19H22BrN/c1-19(2)12-11-15-5-3-4-6-17(15)18(19)21-13-14-7-9-16(20)10-8-14/h3-10,18,21H,11-13H2,1-2H3. The Hall–Kier alpha value is -1.12. The molecule has 0 fully saturated rings. The van der Waals surface area contributed by atoms with Crippen LogP contribution >= 0.6 is 15.9 Å². The average Bonchev–Trinajstić information content (AvgIpc) is 2.48. The van der Waals surface area contributed by atoms with Crippen molar-refractivity contribution in [3.8, 4) is 0 Å². The Kier molecular flexibility index (Phi) is 4.19. The predicted octanol–water partition coefficient (Wildman–Crippen LogP) is 5.25. The van der Waals surface area contributed by atoms with Crippen molar-refractivity contribution in [1.29, 1.82) is 0 Å². The fraction of sp³-hybridized carbons (Fsp3) is 0.368. The molecule has 110 valence electrons. The molecule has 0 bridgehead atoms. The van der Waals surface area contributed by atoms with Gasteiger partial charge in [0.05, 0.1) is 0 Å². The molecule has 0 spiro atoms. The Morgan fingerprint density at radius 3 is 2.57 bits per heavy atom. The summed E-state index contributed by atoms with van der Waals surface area (Å²) >= 11 is 3.49. The first kappa shape index (κ1) is 14.8. The highest BCUT2D eigenvalue weighted by atomic mass is 79.9. The van der Waals surface area contributed by atoms with E-state index >= 15 is 0 Å². The van der Waals surface area contributed by atoms with E-state index in [0.717, 1.165) is 11.0 Å². The predicted molar refractivity (Wildman–Crippen MR) is 92.3 cm³/mol. The van der Waals surface area contributed by atoms with Gasteiger partial charge in [-0.1, -0.05) is 66.2 Å². The van der Waals surface area contributed by atoms with Gasteiger partial charge in [-0.25, -0.2) is 0 Å². The quantitative estimate of drug-likeness (QED) is 0.802. The number of rotatable bonds is 3. The van der Waals surface area contributed by atoms with Crippen LogP contribution < -0.4 is 5.32 Å². The molecule has 2 aromatic carbocycles. The zero-order chi connectivity index (χ0) is 14.9. The third-order valence-corrected chi connectivity index (χ3v) is 5.14. The van der Waals surface area contributed by atoms with Gasteiger partial charge in [0.15, 0.2) is 0 Å². The van der Waals surface area contributed by atoms with Gasteiger partial charge in [-0.05, 0) is 47.1 Å². The molecule has 0 saturated heterocycles. The second-order valence-corrected chi connectivity index (χ2v) is 7.54. The third kappa shape index (κ3) is 3.22. The lowest BCUT2D eigenvalue weighted by atomic mass is 9.70. The minimum Gasteiger partial charge on any atom is -0.305 e. The topological polar surface area (TPSA) is 12.0 Å². The van der Waals surface area contributed by atoms with Crippen LogP contribution in [0, 0.1) is 5.41 Å². The number of halogens is 1. The lowest BCUT2D eigenvalue weighted by Gasteiger charge is -2.40. The van der Waals surface area contributed by atoms with Gasteiger partial charge in [0.25, 0.3) is 0 Å². The Balaban J connectivity index is 1.81. The van der Waals surface area contributed by atoms with Crippen LogP contribution in [0.2, 0.25) is 0 Å². The van der Waals surface area contributed by atoms with Crippen LogP contribution in [0.1, 0.15) is 43.0 Å². The minimum absolute atomic E-state index is 0.295. The van der Waals surface area contributed by atoms with Crippen LogP contribution in [0.3, 0.4) is 0 Å². The molecule has 21 heavy (non-hydrogen) atoms. The Labute approximate surface area is 135 Å². The molecule has 0 amide bonds. The zero-order valence-corrected chi connectivity index (χ0v) is 14.3. The van der Waals surface area contributed by atoms with Crippen LogP contribution in [-0.2, 0) is 13.0 Å². The number of fused-ring (bicyclic) bond motifs is 1. The summed E-state index contributed by atoms with van der Waals surface area (Å²) in [5.74, 6) is 0. The number of benzene rings is 2. The van der Waals surface area contributed by atoms with Crippen molar-refractivity contribution < 1.29 is 0 Å². The van der Waals surface area contributed by atoms with E-state index < -0.39 is 0 Å². The smallest absolute Gasteiger partial charge is 0.0377 e. The second kappa shape index (κ2) is 5.94. The lowest BCUT2D eigenvalue weighted by Crippen LogP contribution is -2.37. The molecule has 0 aliphatic heterocycles. The molecule has 1 aliphatic carbocycles.